The van der Waals surface area contributed by atoms with Gasteiger partial charge in [-0.1, -0.05) is 30.3 Å². The number of aliphatic hydroxyl groups is 1. The number of alkyl halides is 2. The van der Waals surface area contributed by atoms with Crippen molar-refractivity contribution in [3.05, 3.63) is 35.9 Å². The van der Waals surface area contributed by atoms with E-state index < -0.39 is 59.7 Å². The number of nitrogens with one attached hydrogen (secondary N) is 2. The predicted molar refractivity (Wildman–Crippen MR) is 116 cm³/mol. The molecule has 34 heavy (non-hydrogen) atoms. The van der Waals surface area contributed by atoms with Gasteiger partial charge in [0.05, 0.1) is 12.0 Å². The van der Waals surface area contributed by atoms with Crippen molar-refractivity contribution in [1.82, 2.24) is 15.5 Å². The van der Waals surface area contributed by atoms with E-state index in [1.807, 2.05) is 6.07 Å². The largest absolute Gasteiger partial charge is 0.376 e. The molecule has 5 rings (SSSR count). The van der Waals surface area contributed by atoms with Crippen LogP contribution < -0.4 is 10.6 Å². The summed E-state index contributed by atoms with van der Waals surface area (Å²) in [5.74, 6) is -6.95. The van der Waals surface area contributed by atoms with Crippen molar-refractivity contribution in [2.75, 3.05) is 6.54 Å². The molecular formula is C24H28F2N4O4. The first-order chi connectivity index (χ1) is 16.1. The molecule has 6 atom stereocenters. The monoisotopic (exact) mass is 474 g/mol. The molecule has 0 spiro atoms. The molecule has 1 aromatic carbocycles. The lowest BCUT2D eigenvalue weighted by Gasteiger charge is -2.54. The quantitative estimate of drug-likeness (QED) is 0.576. The van der Waals surface area contributed by atoms with E-state index in [9.17, 15) is 33.5 Å². The highest BCUT2D eigenvalue weighted by atomic mass is 19.3. The third-order valence-electron chi connectivity index (χ3n) is 7.35. The van der Waals surface area contributed by atoms with Crippen LogP contribution in [0.1, 0.15) is 44.6 Å². The van der Waals surface area contributed by atoms with Crippen LogP contribution in [0.5, 0.6) is 0 Å². The topological polar surface area (TPSA) is 123 Å². The minimum Gasteiger partial charge on any atom is -0.376 e. The standard InChI is InChI=1S/C24H28F2N4O4/c1-23(34,15-5-3-2-4-6-15)22(33)30-17-7-8-18(24(25,26)12-17)19(30)21(32)29-16(13-27)11-14-9-10-28-20(14)31/h2-6,14,16-19,34H,7-12H2,1H3,(H,28,31)(H,29,32)/t14-,16-,17-,18-,19-,23-/m0/s1. The summed E-state index contributed by atoms with van der Waals surface area (Å²) < 4.78 is 29.7. The second-order valence-corrected chi connectivity index (χ2v) is 9.60. The molecule has 4 aliphatic rings. The summed E-state index contributed by atoms with van der Waals surface area (Å²) in [4.78, 5) is 39.8. The Balaban J connectivity index is 1.60. The molecule has 0 aromatic heterocycles. The summed E-state index contributed by atoms with van der Waals surface area (Å²) in [5.41, 5.74) is -1.74. The number of nitrogens with zero attached hydrogens (tertiary/aromatic N) is 2. The summed E-state index contributed by atoms with van der Waals surface area (Å²) in [6.07, 6.45) is 0.340. The second-order valence-electron chi connectivity index (χ2n) is 9.60. The molecule has 3 N–H and O–H groups in total. The van der Waals surface area contributed by atoms with Gasteiger partial charge in [0.2, 0.25) is 11.8 Å². The van der Waals surface area contributed by atoms with Crippen LogP contribution in [0, 0.1) is 23.2 Å². The molecule has 1 aromatic rings. The number of nitriles is 1. The molecule has 2 bridgehead atoms. The van der Waals surface area contributed by atoms with E-state index in [-0.39, 0.29) is 24.3 Å². The number of fused-ring (bicyclic) bond motifs is 3. The van der Waals surface area contributed by atoms with Crippen LogP contribution in [0.2, 0.25) is 0 Å². The summed E-state index contributed by atoms with van der Waals surface area (Å²) in [6.45, 7) is 1.77. The van der Waals surface area contributed by atoms with Gasteiger partial charge in [-0.2, -0.15) is 5.26 Å². The van der Waals surface area contributed by atoms with Crippen LogP contribution in [0.15, 0.2) is 30.3 Å². The first-order valence-corrected chi connectivity index (χ1v) is 11.5. The van der Waals surface area contributed by atoms with Gasteiger partial charge in [0, 0.05) is 24.9 Å². The Morgan fingerprint density at radius 2 is 2.03 bits per heavy atom. The maximum atomic E-state index is 14.9. The smallest absolute Gasteiger partial charge is 0.259 e. The zero-order valence-corrected chi connectivity index (χ0v) is 18.8. The lowest BCUT2D eigenvalue weighted by atomic mass is 9.70. The van der Waals surface area contributed by atoms with E-state index in [0.29, 0.717) is 19.4 Å². The van der Waals surface area contributed by atoms with Crippen LogP contribution in [0.3, 0.4) is 0 Å². The van der Waals surface area contributed by atoms with Crippen LogP contribution in [-0.2, 0) is 20.0 Å². The number of halogens is 2. The summed E-state index contributed by atoms with van der Waals surface area (Å²) in [6, 6.07) is 6.55. The fraction of sp³-hybridized carbons (Fsp3) is 0.583. The summed E-state index contributed by atoms with van der Waals surface area (Å²) in [7, 11) is 0. The number of amides is 3. The SMILES string of the molecule is C[C@@](O)(C(=O)N1[C@H]2CC[C@@H]([C@H]1C(=O)N[C@H](C#N)C[C@@H]1CCNC1=O)C(F)(F)C2)c1ccccc1. The molecule has 3 saturated heterocycles. The number of hydrogen-bond acceptors (Lipinski definition) is 5. The Morgan fingerprint density at radius 1 is 1.32 bits per heavy atom. The molecule has 10 heteroatoms. The van der Waals surface area contributed by atoms with Gasteiger partial charge >= 0.3 is 0 Å². The molecule has 0 unspecified atom stereocenters. The Morgan fingerprint density at radius 3 is 2.62 bits per heavy atom. The highest BCUT2D eigenvalue weighted by molar-refractivity contribution is 5.93. The first-order valence-electron chi connectivity index (χ1n) is 11.5. The van der Waals surface area contributed by atoms with Crippen LogP contribution in [0.4, 0.5) is 8.78 Å². The fourth-order valence-electron chi connectivity index (χ4n) is 5.49. The number of rotatable bonds is 6. The molecule has 0 radical (unpaired) electrons. The highest BCUT2D eigenvalue weighted by Crippen LogP contribution is 2.50. The van der Waals surface area contributed by atoms with Crippen LogP contribution in [0.25, 0.3) is 0 Å². The van der Waals surface area contributed by atoms with Gasteiger partial charge in [0.1, 0.15) is 12.1 Å². The molecule has 3 heterocycles. The summed E-state index contributed by atoms with van der Waals surface area (Å²) >= 11 is 0. The average Bonchev–Trinajstić information content (AvgIpc) is 3.21. The van der Waals surface area contributed by atoms with Gasteiger partial charge in [-0.3, -0.25) is 14.4 Å². The fourth-order valence-corrected chi connectivity index (χ4v) is 5.49. The first kappa shape index (κ1) is 24.1. The van der Waals surface area contributed by atoms with E-state index >= 15 is 0 Å². The van der Waals surface area contributed by atoms with Crippen molar-refractivity contribution >= 4 is 17.7 Å². The molecule has 3 aliphatic heterocycles. The Kier molecular flexibility index (Phi) is 6.34. The maximum absolute atomic E-state index is 14.9. The summed E-state index contributed by atoms with van der Waals surface area (Å²) in [5, 5.41) is 25.8. The van der Waals surface area contributed by atoms with Crippen molar-refractivity contribution in [2.45, 2.75) is 68.7 Å². The number of benzene rings is 1. The van der Waals surface area contributed by atoms with Gasteiger partial charge in [0.15, 0.2) is 5.60 Å². The average molecular weight is 475 g/mol. The molecule has 1 saturated carbocycles. The van der Waals surface area contributed by atoms with Gasteiger partial charge in [0.25, 0.3) is 11.8 Å². The van der Waals surface area contributed by atoms with Gasteiger partial charge in [-0.15, -0.1) is 0 Å². The van der Waals surface area contributed by atoms with E-state index in [0.717, 1.165) is 4.90 Å². The second kappa shape index (κ2) is 8.95. The molecular weight excluding hydrogens is 446 g/mol. The Labute approximate surface area is 196 Å². The zero-order valence-electron chi connectivity index (χ0n) is 18.8. The predicted octanol–water partition coefficient (Wildman–Crippen LogP) is 1.44. The van der Waals surface area contributed by atoms with Crippen molar-refractivity contribution in [2.24, 2.45) is 11.8 Å². The van der Waals surface area contributed by atoms with Crippen molar-refractivity contribution < 1.29 is 28.3 Å². The molecule has 8 nitrogen and oxygen atoms in total. The Hall–Kier alpha value is -3.06. The van der Waals surface area contributed by atoms with Gasteiger partial charge in [-0.05, 0) is 38.2 Å². The maximum Gasteiger partial charge on any atom is 0.259 e. The zero-order chi connectivity index (χ0) is 24.7. The van der Waals surface area contributed by atoms with E-state index in [1.165, 1.54) is 6.92 Å². The van der Waals surface area contributed by atoms with E-state index in [2.05, 4.69) is 10.6 Å². The molecule has 182 valence electrons. The van der Waals surface area contributed by atoms with E-state index in [4.69, 9.17) is 0 Å². The van der Waals surface area contributed by atoms with Crippen LogP contribution in [-0.4, -0.2) is 58.3 Å². The lowest BCUT2D eigenvalue weighted by Crippen LogP contribution is -2.70. The van der Waals surface area contributed by atoms with Crippen LogP contribution >= 0.6 is 0 Å². The molecule has 3 amide bonds. The number of hydrogen-bond donors (Lipinski definition) is 3. The third-order valence-corrected chi connectivity index (χ3v) is 7.35. The normalized spacial score (nSPS) is 30.1. The highest BCUT2D eigenvalue weighted by Gasteiger charge is 2.62. The number of piperidine rings is 2. The third kappa shape index (κ3) is 4.25. The van der Waals surface area contributed by atoms with Gasteiger partial charge in [-0.25, -0.2) is 8.78 Å². The molecule has 1 aliphatic carbocycles. The van der Waals surface area contributed by atoms with E-state index in [1.54, 1.807) is 30.3 Å². The lowest BCUT2D eigenvalue weighted by molar-refractivity contribution is -0.203. The molecule has 4 fully saturated rings. The van der Waals surface area contributed by atoms with Crippen molar-refractivity contribution in [3.63, 3.8) is 0 Å². The van der Waals surface area contributed by atoms with Gasteiger partial charge < -0.3 is 20.6 Å². The van der Waals surface area contributed by atoms with Crippen molar-refractivity contribution in [3.8, 4) is 6.07 Å². The van der Waals surface area contributed by atoms with Crippen molar-refractivity contribution in [1.29, 1.82) is 5.26 Å². The number of carbonyl (C=O) groups is 3. The number of carbonyl (C=O) groups excluding carboxylic acids is 3. The Bertz CT molecular complexity index is 1010. The minimum absolute atomic E-state index is 0.0509. The minimum atomic E-state index is -3.16.